The first-order valence-corrected chi connectivity index (χ1v) is 6.68. The summed E-state index contributed by atoms with van der Waals surface area (Å²) in [7, 11) is 0. The molecule has 4 nitrogen and oxygen atoms in total. The number of aliphatic carboxylic acids is 1. The van der Waals surface area contributed by atoms with Crippen LogP contribution in [0.3, 0.4) is 0 Å². The highest BCUT2D eigenvalue weighted by atomic mass is 16.5. The van der Waals surface area contributed by atoms with Crippen molar-refractivity contribution in [2.75, 3.05) is 0 Å². The minimum Gasteiger partial charge on any atom is -0.479 e. The van der Waals surface area contributed by atoms with Crippen LogP contribution in [0.5, 0.6) is 5.75 Å². The zero-order chi connectivity index (χ0) is 14.8. The molecule has 0 bridgehead atoms. The predicted octanol–water partition coefficient (Wildman–Crippen LogP) is 3.53. The van der Waals surface area contributed by atoms with Gasteiger partial charge in [0.25, 0.3) is 0 Å². The van der Waals surface area contributed by atoms with Gasteiger partial charge in [-0.05, 0) is 43.9 Å². The number of allylic oxidation sites excluding steroid dienone is 1. The van der Waals surface area contributed by atoms with Gasteiger partial charge in [0.05, 0.1) is 11.6 Å². The van der Waals surface area contributed by atoms with E-state index in [1.54, 1.807) is 24.3 Å². The van der Waals surface area contributed by atoms with Gasteiger partial charge in [0.1, 0.15) is 5.75 Å². The van der Waals surface area contributed by atoms with E-state index >= 15 is 0 Å². The lowest BCUT2D eigenvalue weighted by Gasteiger charge is -2.15. The van der Waals surface area contributed by atoms with Crippen molar-refractivity contribution in [3.8, 4) is 11.8 Å². The van der Waals surface area contributed by atoms with Crippen LogP contribution in [0, 0.1) is 11.3 Å². The van der Waals surface area contributed by atoms with Crippen LogP contribution in [-0.4, -0.2) is 17.2 Å². The molecule has 0 saturated carbocycles. The Morgan fingerprint density at radius 3 is 2.90 bits per heavy atom. The van der Waals surface area contributed by atoms with Crippen molar-refractivity contribution < 1.29 is 14.6 Å². The smallest absolute Gasteiger partial charge is 0.344 e. The van der Waals surface area contributed by atoms with E-state index in [9.17, 15) is 4.79 Å². The fraction of sp³-hybridized carbons (Fsp3) is 0.375. The maximum absolute atomic E-state index is 11.2. The number of hydrogen-bond donors (Lipinski definition) is 1. The van der Waals surface area contributed by atoms with Crippen LogP contribution >= 0.6 is 0 Å². The van der Waals surface area contributed by atoms with Crippen molar-refractivity contribution in [2.24, 2.45) is 0 Å². The lowest BCUT2D eigenvalue weighted by Crippen LogP contribution is -2.26. The fourth-order valence-corrected chi connectivity index (χ4v) is 1.83. The Bertz CT molecular complexity index is 491. The zero-order valence-electron chi connectivity index (χ0n) is 11.4. The van der Waals surface area contributed by atoms with Crippen LogP contribution < -0.4 is 4.74 Å². The number of benzene rings is 1. The van der Waals surface area contributed by atoms with Gasteiger partial charge in [-0.3, -0.25) is 0 Å². The molecule has 0 spiro atoms. The molecule has 4 heteroatoms. The van der Waals surface area contributed by atoms with Crippen molar-refractivity contribution in [3.05, 3.63) is 42.5 Å². The van der Waals surface area contributed by atoms with Crippen LogP contribution in [0.15, 0.2) is 36.9 Å². The molecule has 0 aliphatic heterocycles. The zero-order valence-corrected chi connectivity index (χ0v) is 11.4. The number of nitriles is 1. The van der Waals surface area contributed by atoms with Gasteiger partial charge in [0.15, 0.2) is 6.10 Å². The Kier molecular flexibility index (Phi) is 6.91. The van der Waals surface area contributed by atoms with E-state index in [0.29, 0.717) is 17.7 Å². The van der Waals surface area contributed by atoms with E-state index < -0.39 is 12.1 Å². The molecule has 20 heavy (non-hydrogen) atoms. The summed E-state index contributed by atoms with van der Waals surface area (Å²) in [6, 6.07) is 8.54. The van der Waals surface area contributed by atoms with Gasteiger partial charge in [-0.15, -0.1) is 6.58 Å². The van der Waals surface area contributed by atoms with E-state index in [4.69, 9.17) is 15.1 Å². The summed E-state index contributed by atoms with van der Waals surface area (Å²) in [6.07, 6.45) is 5.16. The Morgan fingerprint density at radius 2 is 2.25 bits per heavy atom. The largest absolute Gasteiger partial charge is 0.479 e. The highest BCUT2D eigenvalue weighted by Crippen LogP contribution is 2.17. The molecular weight excluding hydrogens is 254 g/mol. The summed E-state index contributed by atoms with van der Waals surface area (Å²) in [5.41, 5.74) is 0.456. The highest BCUT2D eigenvalue weighted by molar-refractivity contribution is 5.72. The summed E-state index contributed by atoms with van der Waals surface area (Å²) >= 11 is 0. The minimum atomic E-state index is -0.976. The van der Waals surface area contributed by atoms with Gasteiger partial charge in [-0.2, -0.15) is 5.26 Å². The van der Waals surface area contributed by atoms with Crippen molar-refractivity contribution in [2.45, 2.75) is 38.2 Å². The average Bonchev–Trinajstić information content (AvgIpc) is 2.45. The number of unbranched alkanes of at least 4 members (excludes halogenated alkanes) is 3. The van der Waals surface area contributed by atoms with E-state index in [1.165, 1.54) is 0 Å². The van der Waals surface area contributed by atoms with Gasteiger partial charge in [0, 0.05) is 0 Å². The fourth-order valence-electron chi connectivity index (χ4n) is 1.83. The third kappa shape index (κ3) is 5.57. The molecule has 1 unspecified atom stereocenters. The second kappa shape index (κ2) is 8.76. The summed E-state index contributed by atoms with van der Waals surface area (Å²) in [5, 5.41) is 18.0. The molecule has 0 aliphatic carbocycles. The summed E-state index contributed by atoms with van der Waals surface area (Å²) < 4.78 is 5.45. The van der Waals surface area contributed by atoms with Crippen LogP contribution in [0.4, 0.5) is 0 Å². The number of carboxylic acids is 1. The number of rotatable bonds is 9. The van der Waals surface area contributed by atoms with Crippen LogP contribution in [0.25, 0.3) is 0 Å². The Hall–Kier alpha value is -2.28. The van der Waals surface area contributed by atoms with Gasteiger partial charge in [-0.25, -0.2) is 4.79 Å². The van der Waals surface area contributed by atoms with Crippen molar-refractivity contribution in [1.29, 1.82) is 5.26 Å². The maximum atomic E-state index is 11.2. The molecule has 0 aliphatic rings. The third-order valence-corrected chi connectivity index (χ3v) is 2.89. The Labute approximate surface area is 119 Å². The molecule has 1 aromatic rings. The number of hydrogen-bond acceptors (Lipinski definition) is 3. The number of nitrogens with zero attached hydrogens (tertiary/aromatic N) is 1. The van der Waals surface area contributed by atoms with E-state index in [2.05, 4.69) is 6.58 Å². The first kappa shape index (κ1) is 15.8. The van der Waals surface area contributed by atoms with Gasteiger partial charge in [-0.1, -0.05) is 18.6 Å². The van der Waals surface area contributed by atoms with Crippen LogP contribution in [0.1, 0.15) is 37.7 Å². The lowest BCUT2D eigenvalue weighted by molar-refractivity contribution is -0.145. The Balaban J connectivity index is 2.52. The monoisotopic (exact) mass is 273 g/mol. The molecule has 0 amide bonds. The SMILES string of the molecule is C=CCCCCCC(Oc1cccc(C#N)c1)C(=O)O. The van der Waals surface area contributed by atoms with Crippen molar-refractivity contribution in [3.63, 3.8) is 0 Å². The first-order valence-electron chi connectivity index (χ1n) is 6.68. The molecule has 106 valence electrons. The third-order valence-electron chi connectivity index (χ3n) is 2.89. The van der Waals surface area contributed by atoms with E-state index in [-0.39, 0.29) is 0 Å². The van der Waals surface area contributed by atoms with Crippen LogP contribution in [-0.2, 0) is 4.79 Å². The Morgan fingerprint density at radius 1 is 1.45 bits per heavy atom. The van der Waals surface area contributed by atoms with Gasteiger partial charge in [0.2, 0.25) is 0 Å². The molecule has 0 heterocycles. The maximum Gasteiger partial charge on any atom is 0.344 e. The highest BCUT2D eigenvalue weighted by Gasteiger charge is 2.18. The van der Waals surface area contributed by atoms with Gasteiger partial charge >= 0.3 is 5.97 Å². The predicted molar refractivity (Wildman–Crippen MR) is 76.5 cm³/mol. The van der Waals surface area contributed by atoms with Crippen molar-refractivity contribution in [1.82, 2.24) is 0 Å². The summed E-state index contributed by atoms with van der Waals surface area (Å²) in [5.74, 6) is -0.557. The number of carboxylic acid groups (broad SMARTS) is 1. The lowest BCUT2D eigenvalue weighted by atomic mass is 10.1. The summed E-state index contributed by atoms with van der Waals surface area (Å²) in [4.78, 5) is 11.2. The molecule has 1 rings (SSSR count). The second-order valence-electron chi connectivity index (χ2n) is 4.51. The molecule has 0 fully saturated rings. The van der Waals surface area contributed by atoms with Crippen molar-refractivity contribution >= 4 is 5.97 Å². The molecule has 1 N–H and O–H groups in total. The summed E-state index contributed by atoms with van der Waals surface area (Å²) in [6.45, 7) is 3.65. The van der Waals surface area contributed by atoms with E-state index in [0.717, 1.165) is 25.7 Å². The normalized spacial score (nSPS) is 11.3. The first-order chi connectivity index (χ1) is 9.67. The minimum absolute atomic E-state index is 0.419. The van der Waals surface area contributed by atoms with Gasteiger partial charge < -0.3 is 9.84 Å². The molecule has 0 aromatic heterocycles. The molecule has 1 atom stereocenters. The number of ether oxygens (including phenoxy) is 1. The molecule has 1 aromatic carbocycles. The molecule has 0 saturated heterocycles. The molecular formula is C16H19NO3. The van der Waals surface area contributed by atoms with Crippen LogP contribution in [0.2, 0.25) is 0 Å². The molecule has 0 radical (unpaired) electrons. The topological polar surface area (TPSA) is 70.3 Å². The average molecular weight is 273 g/mol. The number of carbonyl (C=O) groups is 1. The second-order valence-corrected chi connectivity index (χ2v) is 4.51. The quantitative estimate of drug-likeness (QED) is 0.552. The standard InChI is InChI=1S/C16H19NO3/c1-2-3-4-5-6-10-15(16(18)19)20-14-9-7-8-13(11-14)12-17/h2,7-9,11,15H,1,3-6,10H2,(H,18,19). The van der Waals surface area contributed by atoms with E-state index in [1.807, 2.05) is 12.1 Å².